The summed E-state index contributed by atoms with van der Waals surface area (Å²) in [5.41, 5.74) is 0. The lowest BCUT2D eigenvalue weighted by molar-refractivity contribution is 0.569. The van der Waals surface area contributed by atoms with Crippen molar-refractivity contribution in [1.29, 1.82) is 0 Å². The molecule has 0 aromatic carbocycles. The van der Waals surface area contributed by atoms with Crippen LogP contribution in [-0.4, -0.2) is 33.3 Å². The third-order valence-corrected chi connectivity index (χ3v) is 4.46. The molecule has 5 heteroatoms. The fraction of sp³-hybridized carbons (Fsp3) is 1.00. The summed E-state index contributed by atoms with van der Waals surface area (Å²) in [5.74, 6) is 0.824. The van der Waals surface area contributed by atoms with Crippen molar-refractivity contribution in [3.05, 3.63) is 0 Å². The van der Waals surface area contributed by atoms with Gasteiger partial charge in [-0.15, -0.1) is 0 Å². The van der Waals surface area contributed by atoms with Crippen LogP contribution in [0.25, 0.3) is 0 Å². The van der Waals surface area contributed by atoms with Crippen molar-refractivity contribution in [2.75, 3.05) is 18.8 Å². The van der Waals surface area contributed by atoms with Gasteiger partial charge in [-0.2, -0.15) is 0 Å². The highest BCUT2D eigenvalue weighted by molar-refractivity contribution is 7.89. The molecule has 0 aromatic heterocycles. The topological polar surface area (TPSA) is 58.2 Å². The Bertz CT molecular complexity index is 290. The first-order valence-corrected chi connectivity index (χ1v) is 7.95. The molecule has 1 saturated carbocycles. The van der Waals surface area contributed by atoms with Crippen LogP contribution in [0.15, 0.2) is 0 Å². The Morgan fingerprint density at radius 3 is 2.56 bits per heavy atom. The number of sulfonamides is 1. The first-order valence-electron chi connectivity index (χ1n) is 6.29. The average Bonchev–Trinajstić information content (AvgIpc) is 2.95. The Labute approximate surface area is 99.2 Å². The molecule has 1 rings (SSSR count). The van der Waals surface area contributed by atoms with Gasteiger partial charge in [0, 0.05) is 6.04 Å². The fourth-order valence-corrected chi connectivity index (χ4v) is 3.21. The van der Waals surface area contributed by atoms with E-state index in [1.54, 1.807) is 0 Å². The molecule has 2 unspecified atom stereocenters. The average molecular weight is 248 g/mol. The van der Waals surface area contributed by atoms with Gasteiger partial charge in [0.25, 0.3) is 0 Å². The minimum absolute atomic E-state index is 0.221. The van der Waals surface area contributed by atoms with Gasteiger partial charge >= 0.3 is 0 Å². The standard InChI is InChI=1S/C11H24N2O2S/c1-3-6-12-7-5-8-16(14,15)13-11-9-10(11)4-2/h10-13H,3-9H2,1-2H3. The van der Waals surface area contributed by atoms with E-state index in [-0.39, 0.29) is 11.8 Å². The molecule has 0 radical (unpaired) electrons. The van der Waals surface area contributed by atoms with Crippen LogP contribution in [0.3, 0.4) is 0 Å². The van der Waals surface area contributed by atoms with Crippen LogP contribution < -0.4 is 10.0 Å². The van der Waals surface area contributed by atoms with Crippen LogP contribution in [0.5, 0.6) is 0 Å². The van der Waals surface area contributed by atoms with Crippen molar-refractivity contribution in [2.24, 2.45) is 5.92 Å². The molecular weight excluding hydrogens is 224 g/mol. The van der Waals surface area contributed by atoms with Crippen molar-refractivity contribution >= 4 is 10.0 Å². The summed E-state index contributed by atoms with van der Waals surface area (Å²) in [4.78, 5) is 0. The predicted octanol–water partition coefficient (Wildman–Crippen LogP) is 1.09. The smallest absolute Gasteiger partial charge is 0.211 e. The Morgan fingerprint density at radius 1 is 1.25 bits per heavy atom. The summed E-state index contributed by atoms with van der Waals surface area (Å²) in [6, 6.07) is 0.221. The Hall–Kier alpha value is -0.130. The van der Waals surface area contributed by atoms with E-state index < -0.39 is 10.0 Å². The molecule has 0 aromatic rings. The van der Waals surface area contributed by atoms with E-state index in [2.05, 4.69) is 23.9 Å². The molecule has 1 fully saturated rings. The van der Waals surface area contributed by atoms with Gasteiger partial charge in [-0.3, -0.25) is 0 Å². The molecule has 1 aliphatic carbocycles. The van der Waals surface area contributed by atoms with E-state index in [0.29, 0.717) is 12.3 Å². The van der Waals surface area contributed by atoms with E-state index in [1.807, 2.05) is 0 Å². The van der Waals surface area contributed by atoms with E-state index in [4.69, 9.17) is 0 Å². The van der Waals surface area contributed by atoms with Crippen LogP contribution >= 0.6 is 0 Å². The summed E-state index contributed by atoms with van der Waals surface area (Å²) in [5, 5.41) is 3.20. The third kappa shape index (κ3) is 5.27. The normalized spacial score (nSPS) is 24.6. The predicted molar refractivity (Wildman–Crippen MR) is 66.9 cm³/mol. The lowest BCUT2D eigenvalue weighted by atomic mass is 10.3. The maximum absolute atomic E-state index is 11.6. The molecule has 96 valence electrons. The molecule has 16 heavy (non-hydrogen) atoms. The fourth-order valence-electron chi connectivity index (χ4n) is 1.82. The zero-order valence-electron chi connectivity index (χ0n) is 10.3. The minimum Gasteiger partial charge on any atom is -0.317 e. The van der Waals surface area contributed by atoms with Gasteiger partial charge in [-0.05, 0) is 38.3 Å². The minimum atomic E-state index is -3.04. The molecule has 2 atom stereocenters. The maximum Gasteiger partial charge on any atom is 0.211 e. The van der Waals surface area contributed by atoms with Gasteiger partial charge in [0.05, 0.1) is 5.75 Å². The van der Waals surface area contributed by atoms with Crippen molar-refractivity contribution < 1.29 is 8.42 Å². The second-order valence-corrected chi connectivity index (χ2v) is 6.42. The highest BCUT2D eigenvalue weighted by Gasteiger charge is 2.37. The molecular formula is C11H24N2O2S. The Morgan fingerprint density at radius 2 is 2.00 bits per heavy atom. The quantitative estimate of drug-likeness (QED) is 0.601. The molecule has 0 saturated heterocycles. The second kappa shape index (κ2) is 6.57. The molecule has 4 nitrogen and oxygen atoms in total. The first kappa shape index (κ1) is 13.9. The molecule has 1 aliphatic rings. The molecule has 0 heterocycles. The summed E-state index contributed by atoms with van der Waals surface area (Å²) < 4.78 is 26.0. The van der Waals surface area contributed by atoms with Gasteiger partial charge in [0.15, 0.2) is 0 Å². The molecule has 0 bridgehead atoms. The molecule has 0 spiro atoms. The molecule has 2 N–H and O–H groups in total. The van der Waals surface area contributed by atoms with Crippen LogP contribution in [-0.2, 0) is 10.0 Å². The van der Waals surface area contributed by atoms with Crippen LogP contribution in [0, 0.1) is 5.92 Å². The summed E-state index contributed by atoms with van der Waals surface area (Å²) >= 11 is 0. The number of hydrogen-bond donors (Lipinski definition) is 2. The van der Waals surface area contributed by atoms with E-state index >= 15 is 0 Å². The maximum atomic E-state index is 11.6. The highest BCUT2D eigenvalue weighted by Crippen LogP contribution is 2.33. The summed E-state index contributed by atoms with van der Waals surface area (Å²) in [7, 11) is -3.04. The van der Waals surface area contributed by atoms with Crippen LogP contribution in [0.4, 0.5) is 0 Å². The van der Waals surface area contributed by atoms with Gasteiger partial charge in [-0.25, -0.2) is 13.1 Å². The van der Waals surface area contributed by atoms with E-state index in [9.17, 15) is 8.42 Å². The van der Waals surface area contributed by atoms with Gasteiger partial charge in [0.2, 0.25) is 10.0 Å². The van der Waals surface area contributed by atoms with Crippen LogP contribution in [0.1, 0.15) is 39.5 Å². The third-order valence-electron chi connectivity index (χ3n) is 2.97. The zero-order chi connectivity index (χ0) is 12.0. The number of hydrogen-bond acceptors (Lipinski definition) is 3. The largest absolute Gasteiger partial charge is 0.317 e. The lowest BCUT2D eigenvalue weighted by Crippen LogP contribution is -2.31. The summed E-state index contributed by atoms with van der Waals surface area (Å²) in [6.45, 7) is 5.96. The molecule has 0 aliphatic heterocycles. The highest BCUT2D eigenvalue weighted by atomic mass is 32.2. The number of rotatable bonds is 9. The Kier molecular flexibility index (Phi) is 5.72. The Balaban J connectivity index is 2.10. The van der Waals surface area contributed by atoms with E-state index in [1.165, 1.54) is 0 Å². The van der Waals surface area contributed by atoms with Crippen molar-refractivity contribution in [1.82, 2.24) is 10.0 Å². The van der Waals surface area contributed by atoms with Crippen LogP contribution in [0.2, 0.25) is 0 Å². The summed E-state index contributed by atoms with van der Waals surface area (Å²) in [6.07, 6.45) is 3.87. The molecule has 0 amide bonds. The van der Waals surface area contributed by atoms with Crippen molar-refractivity contribution in [3.63, 3.8) is 0 Å². The van der Waals surface area contributed by atoms with Gasteiger partial charge < -0.3 is 5.32 Å². The second-order valence-electron chi connectivity index (χ2n) is 4.55. The zero-order valence-corrected chi connectivity index (χ0v) is 11.1. The SMILES string of the molecule is CCCNCCCS(=O)(=O)NC1CC1CC. The lowest BCUT2D eigenvalue weighted by Gasteiger charge is -2.06. The van der Waals surface area contributed by atoms with Crippen molar-refractivity contribution in [2.45, 2.75) is 45.6 Å². The monoisotopic (exact) mass is 248 g/mol. The van der Waals surface area contributed by atoms with Crippen molar-refractivity contribution in [3.8, 4) is 0 Å². The first-order chi connectivity index (χ1) is 7.59. The van der Waals surface area contributed by atoms with E-state index in [0.717, 1.165) is 32.4 Å². The van der Waals surface area contributed by atoms with Gasteiger partial charge in [0.1, 0.15) is 0 Å². The number of nitrogens with one attached hydrogen (secondary N) is 2. The van der Waals surface area contributed by atoms with Gasteiger partial charge in [-0.1, -0.05) is 20.3 Å².